The molecule has 0 atom stereocenters. The lowest BCUT2D eigenvalue weighted by Crippen LogP contribution is -2.34. The maximum absolute atomic E-state index is 12.2. The van der Waals surface area contributed by atoms with Gasteiger partial charge in [-0.05, 0) is 36.2 Å². The molecule has 132 valence electrons. The first kappa shape index (κ1) is 17.4. The fourth-order valence-corrected chi connectivity index (χ4v) is 2.46. The summed E-state index contributed by atoms with van der Waals surface area (Å²) in [6.07, 6.45) is 0.819. The van der Waals surface area contributed by atoms with Gasteiger partial charge in [0.15, 0.2) is 0 Å². The number of hydrogen-bond donors (Lipinski definition) is 1. The Morgan fingerprint density at radius 2 is 1.88 bits per heavy atom. The molecule has 3 rings (SSSR count). The average Bonchev–Trinajstić information content (AvgIpc) is 2.65. The van der Waals surface area contributed by atoms with Crippen molar-refractivity contribution in [3.8, 4) is 5.75 Å². The Hall–Kier alpha value is -3.41. The van der Waals surface area contributed by atoms with Crippen molar-refractivity contribution in [2.45, 2.75) is 13.3 Å². The number of benzene rings is 2. The van der Waals surface area contributed by atoms with Crippen LogP contribution in [0.5, 0.6) is 5.75 Å². The highest BCUT2D eigenvalue weighted by Crippen LogP contribution is 2.14. The number of fused-ring (bicyclic) bond motifs is 1. The molecule has 0 aliphatic heterocycles. The molecule has 6 nitrogen and oxygen atoms in total. The number of para-hydroxylation sites is 1. The van der Waals surface area contributed by atoms with Crippen LogP contribution in [-0.2, 0) is 11.2 Å². The van der Waals surface area contributed by atoms with Gasteiger partial charge in [0, 0.05) is 5.39 Å². The molecule has 0 spiro atoms. The lowest BCUT2D eigenvalue weighted by atomic mass is 10.2. The molecule has 26 heavy (non-hydrogen) atoms. The van der Waals surface area contributed by atoms with Gasteiger partial charge in [-0.15, -0.1) is 0 Å². The van der Waals surface area contributed by atoms with E-state index in [4.69, 9.17) is 9.15 Å². The number of esters is 1. The summed E-state index contributed by atoms with van der Waals surface area (Å²) in [5, 5.41) is 3.00. The summed E-state index contributed by atoms with van der Waals surface area (Å²) in [5.74, 6) is -0.908. The lowest BCUT2D eigenvalue weighted by molar-refractivity contribution is -0.133. The van der Waals surface area contributed by atoms with E-state index in [1.807, 2.05) is 13.0 Å². The monoisotopic (exact) mass is 351 g/mol. The fourth-order valence-electron chi connectivity index (χ4n) is 2.46. The van der Waals surface area contributed by atoms with E-state index in [1.54, 1.807) is 42.5 Å². The zero-order chi connectivity index (χ0) is 18.5. The van der Waals surface area contributed by atoms with E-state index in [-0.39, 0.29) is 12.1 Å². The number of carbonyl (C=O) groups excluding carboxylic acids is 2. The normalized spacial score (nSPS) is 10.5. The van der Waals surface area contributed by atoms with Crippen LogP contribution in [0.1, 0.15) is 22.8 Å². The number of amides is 1. The van der Waals surface area contributed by atoms with Gasteiger partial charge in [0.2, 0.25) is 0 Å². The molecule has 0 fully saturated rings. The van der Waals surface area contributed by atoms with E-state index in [0.717, 1.165) is 12.0 Å². The third-order valence-electron chi connectivity index (χ3n) is 3.82. The van der Waals surface area contributed by atoms with Crippen molar-refractivity contribution in [1.82, 2.24) is 5.32 Å². The van der Waals surface area contributed by atoms with E-state index < -0.39 is 17.5 Å². The number of carbonyl (C=O) groups is 2. The Kier molecular flexibility index (Phi) is 5.12. The summed E-state index contributed by atoms with van der Waals surface area (Å²) in [4.78, 5) is 36.0. The number of nitrogens with one attached hydrogen (secondary N) is 1. The maximum Gasteiger partial charge on any atom is 0.349 e. The second-order valence-corrected chi connectivity index (χ2v) is 5.64. The Morgan fingerprint density at radius 3 is 2.69 bits per heavy atom. The molecule has 0 radical (unpaired) electrons. The van der Waals surface area contributed by atoms with Gasteiger partial charge >= 0.3 is 11.6 Å². The van der Waals surface area contributed by atoms with Crippen LogP contribution in [0.4, 0.5) is 0 Å². The van der Waals surface area contributed by atoms with Crippen molar-refractivity contribution in [1.29, 1.82) is 0 Å². The second kappa shape index (κ2) is 7.65. The third-order valence-corrected chi connectivity index (χ3v) is 3.82. The number of ether oxygens (including phenoxy) is 1. The van der Waals surface area contributed by atoms with Crippen LogP contribution in [-0.4, -0.2) is 18.4 Å². The van der Waals surface area contributed by atoms with Crippen LogP contribution in [0.2, 0.25) is 0 Å². The van der Waals surface area contributed by atoms with Crippen molar-refractivity contribution in [2.24, 2.45) is 0 Å². The summed E-state index contributed by atoms with van der Waals surface area (Å²) in [5.41, 5.74) is 0.507. The van der Waals surface area contributed by atoms with Crippen molar-refractivity contribution in [3.05, 3.63) is 76.1 Å². The Morgan fingerprint density at radius 1 is 1.08 bits per heavy atom. The largest absolute Gasteiger partial charge is 0.425 e. The lowest BCUT2D eigenvalue weighted by Gasteiger charge is -2.07. The van der Waals surface area contributed by atoms with Crippen LogP contribution in [0.3, 0.4) is 0 Å². The summed E-state index contributed by atoms with van der Waals surface area (Å²) in [6.45, 7) is 1.64. The van der Waals surface area contributed by atoms with Gasteiger partial charge in [-0.25, -0.2) is 9.59 Å². The SMILES string of the molecule is CCc1cccc(OC(=O)CNC(=O)c2cc3ccccc3oc2=O)c1. The van der Waals surface area contributed by atoms with Gasteiger partial charge in [0.05, 0.1) is 0 Å². The molecule has 0 unspecified atom stereocenters. The molecule has 0 saturated heterocycles. The number of rotatable bonds is 5. The molecule has 3 aromatic rings. The van der Waals surface area contributed by atoms with Gasteiger partial charge in [0.25, 0.3) is 5.91 Å². The minimum atomic E-state index is -0.759. The highest BCUT2D eigenvalue weighted by Gasteiger charge is 2.15. The molecule has 1 aromatic heterocycles. The third kappa shape index (κ3) is 3.97. The quantitative estimate of drug-likeness (QED) is 0.434. The van der Waals surface area contributed by atoms with Gasteiger partial charge in [-0.2, -0.15) is 0 Å². The van der Waals surface area contributed by atoms with E-state index in [1.165, 1.54) is 6.07 Å². The van der Waals surface area contributed by atoms with Crippen LogP contribution in [0.25, 0.3) is 11.0 Å². The minimum Gasteiger partial charge on any atom is -0.425 e. The van der Waals surface area contributed by atoms with Gasteiger partial charge in [-0.3, -0.25) is 4.79 Å². The molecule has 0 aliphatic carbocycles. The van der Waals surface area contributed by atoms with Crippen molar-refractivity contribution < 1.29 is 18.7 Å². The molecular formula is C20H17NO5. The second-order valence-electron chi connectivity index (χ2n) is 5.64. The molecule has 2 aromatic carbocycles. The van der Waals surface area contributed by atoms with Crippen LogP contribution < -0.4 is 15.7 Å². The van der Waals surface area contributed by atoms with Crippen molar-refractivity contribution in [3.63, 3.8) is 0 Å². The van der Waals surface area contributed by atoms with Gasteiger partial charge in [-0.1, -0.05) is 37.3 Å². The molecule has 0 saturated carbocycles. The van der Waals surface area contributed by atoms with Gasteiger partial charge < -0.3 is 14.5 Å². The van der Waals surface area contributed by atoms with E-state index >= 15 is 0 Å². The zero-order valence-electron chi connectivity index (χ0n) is 14.2. The molecule has 1 heterocycles. The first-order chi connectivity index (χ1) is 12.6. The summed E-state index contributed by atoms with van der Waals surface area (Å²) < 4.78 is 10.3. The topological polar surface area (TPSA) is 85.6 Å². The van der Waals surface area contributed by atoms with Crippen molar-refractivity contribution in [2.75, 3.05) is 6.54 Å². The van der Waals surface area contributed by atoms with E-state index in [9.17, 15) is 14.4 Å². The molecule has 1 N–H and O–H groups in total. The minimum absolute atomic E-state index is 0.163. The highest BCUT2D eigenvalue weighted by molar-refractivity contribution is 5.98. The summed E-state index contributed by atoms with van der Waals surface area (Å²) >= 11 is 0. The number of aryl methyl sites for hydroxylation is 1. The first-order valence-electron chi connectivity index (χ1n) is 8.17. The zero-order valence-corrected chi connectivity index (χ0v) is 14.2. The van der Waals surface area contributed by atoms with Crippen LogP contribution in [0, 0.1) is 0 Å². The molecular weight excluding hydrogens is 334 g/mol. The Bertz CT molecular complexity index is 1020. The number of hydrogen-bond acceptors (Lipinski definition) is 5. The van der Waals surface area contributed by atoms with Gasteiger partial charge in [0.1, 0.15) is 23.4 Å². The summed E-state index contributed by atoms with van der Waals surface area (Å²) in [7, 11) is 0. The standard InChI is InChI=1S/C20H17NO5/c1-2-13-6-5-8-15(10-13)25-18(22)12-21-19(23)16-11-14-7-3-4-9-17(14)26-20(16)24/h3-11H,2,12H2,1H3,(H,21,23). The van der Waals surface area contributed by atoms with E-state index in [2.05, 4.69) is 5.32 Å². The molecule has 0 bridgehead atoms. The van der Waals surface area contributed by atoms with Crippen LogP contribution in [0.15, 0.2) is 63.8 Å². The van der Waals surface area contributed by atoms with E-state index in [0.29, 0.717) is 16.7 Å². The maximum atomic E-state index is 12.2. The fraction of sp³-hybridized carbons (Fsp3) is 0.150. The molecule has 1 amide bonds. The molecule has 6 heteroatoms. The Balaban J connectivity index is 1.65. The first-order valence-corrected chi connectivity index (χ1v) is 8.17. The smallest absolute Gasteiger partial charge is 0.349 e. The predicted molar refractivity (Wildman–Crippen MR) is 96.3 cm³/mol. The average molecular weight is 351 g/mol. The Labute approximate surface area is 149 Å². The predicted octanol–water partition coefficient (Wildman–Crippen LogP) is 2.69. The van der Waals surface area contributed by atoms with Crippen LogP contribution >= 0.6 is 0 Å². The summed E-state index contributed by atoms with van der Waals surface area (Å²) in [6, 6.07) is 15.4. The highest BCUT2D eigenvalue weighted by atomic mass is 16.5. The molecule has 0 aliphatic rings. The van der Waals surface area contributed by atoms with Crippen molar-refractivity contribution >= 4 is 22.8 Å².